The van der Waals surface area contributed by atoms with Gasteiger partial charge in [-0.2, -0.15) is 0 Å². The Morgan fingerprint density at radius 3 is 2.52 bits per heavy atom. The first-order valence-electron chi connectivity index (χ1n) is 8.76. The van der Waals surface area contributed by atoms with E-state index < -0.39 is 0 Å². The number of benzene rings is 1. The van der Waals surface area contributed by atoms with Gasteiger partial charge in [0, 0.05) is 0 Å². The van der Waals surface area contributed by atoms with Crippen molar-refractivity contribution in [2.75, 3.05) is 13.1 Å². The molecule has 1 N–H and O–H groups in total. The van der Waals surface area contributed by atoms with Gasteiger partial charge in [0.15, 0.2) is 0 Å². The number of carbonyl (C=O) groups is 1. The number of rotatable bonds is 6. The van der Waals surface area contributed by atoms with Crippen molar-refractivity contribution in [3.05, 3.63) is 45.7 Å². The second-order valence-electron chi connectivity index (χ2n) is 6.21. The molecule has 1 amide bonds. The normalized spacial score (nSPS) is 16.6. The third kappa shape index (κ3) is 4.61. The van der Waals surface area contributed by atoms with Gasteiger partial charge in [-0.15, -0.1) is 10.2 Å². The van der Waals surface area contributed by atoms with E-state index in [9.17, 15) is 9.18 Å². The average molecular weight is 362 g/mol. The molecule has 1 atom stereocenters. The maximum absolute atomic E-state index is 13.3. The van der Waals surface area contributed by atoms with E-state index in [1.54, 1.807) is 12.1 Å². The van der Waals surface area contributed by atoms with Crippen LogP contribution >= 0.6 is 11.3 Å². The standard InChI is InChI=1S/C18H23FN4OS/c1-2-15-21-22-16(25-15)12-20-18(24)17(23-10-4-3-5-11-23)13-6-8-14(19)9-7-13/h6-9,17H,2-5,10-12H2,1H3,(H,20,24). The number of halogens is 1. The summed E-state index contributed by atoms with van der Waals surface area (Å²) in [5.41, 5.74) is 0.826. The van der Waals surface area contributed by atoms with Crippen LogP contribution in [-0.4, -0.2) is 34.1 Å². The number of nitrogens with one attached hydrogen (secondary N) is 1. The van der Waals surface area contributed by atoms with Crippen LogP contribution in [0.15, 0.2) is 24.3 Å². The highest BCUT2D eigenvalue weighted by Gasteiger charge is 2.28. The number of piperidine rings is 1. The molecule has 5 nitrogen and oxygen atoms in total. The highest BCUT2D eigenvalue weighted by atomic mass is 32.1. The average Bonchev–Trinajstić information content (AvgIpc) is 3.11. The lowest BCUT2D eigenvalue weighted by Crippen LogP contribution is -2.42. The van der Waals surface area contributed by atoms with Crippen LogP contribution in [0.4, 0.5) is 4.39 Å². The first kappa shape index (κ1) is 17.9. The lowest BCUT2D eigenvalue weighted by atomic mass is 10.0. The fraction of sp³-hybridized carbons (Fsp3) is 0.500. The van der Waals surface area contributed by atoms with Gasteiger partial charge in [-0.05, 0) is 50.0 Å². The van der Waals surface area contributed by atoms with Crippen LogP contribution in [0, 0.1) is 5.82 Å². The van der Waals surface area contributed by atoms with Crippen LogP contribution in [-0.2, 0) is 17.8 Å². The maximum atomic E-state index is 13.3. The van der Waals surface area contributed by atoms with Crippen molar-refractivity contribution >= 4 is 17.2 Å². The molecule has 134 valence electrons. The molecule has 1 fully saturated rings. The molecule has 1 aliphatic heterocycles. The van der Waals surface area contributed by atoms with Gasteiger partial charge in [-0.3, -0.25) is 9.69 Å². The van der Waals surface area contributed by atoms with Crippen LogP contribution in [0.25, 0.3) is 0 Å². The van der Waals surface area contributed by atoms with Gasteiger partial charge in [0.25, 0.3) is 0 Å². The number of aryl methyl sites for hydroxylation is 1. The topological polar surface area (TPSA) is 58.1 Å². The molecule has 1 unspecified atom stereocenters. The molecular weight excluding hydrogens is 339 g/mol. The van der Waals surface area contributed by atoms with Crippen LogP contribution in [0.5, 0.6) is 0 Å². The lowest BCUT2D eigenvalue weighted by molar-refractivity contribution is -0.127. The summed E-state index contributed by atoms with van der Waals surface area (Å²) in [6.07, 6.45) is 4.21. The van der Waals surface area contributed by atoms with Crippen molar-refractivity contribution in [2.24, 2.45) is 0 Å². The number of likely N-dealkylation sites (tertiary alicyclic amines) is 1. The van der Waals surface area contributed by atoms with Crippen LogP contribution < -0.4 is 5.32 Å². The Morgan fingerprint density at radius 1 is 1.20 bits per heavy atom. The van der Waals surface area contributed by atoms with Crippen molar-refractivity contribution in [3.63, 3.8) is 0 Å². The Labute approximate surface area is 151 Å². The Bertz CT molecular complexity index is 697. The van der Waals surface area contributed by atoms with E-state index >= 15 is 0 Å². The molecular formula is C18H23FN4OS. The Hall–Kier alpha value is -1.86. The zero-order valence-corrected chi connectivity index (χ0v) is 15.2. The van der Waals surface area contributed by atoms with E-state index in [1.807, 2.05) is 6.92 Å². The molecule has 0 saturated carbocycles. The van der Waals surface area contributed by atoms with E-state index in [4.69, 9.17) is 0 Å². The number of hydrogen-bond acceptors (Lipinski definition) is 5. The molecule has 1 aliphatic rings. The number of hydrogen-bond donors (Lipinski definition) is 1. The molecule has 0 aliphatic carbocycles. The van der Waals surface area contributed by atoms with Crippen molar-refractivity contribution in [2.45, 2.75) is 45.2 Å². The third-order valence-corrected chi connectivity index (χ3v) is 5.48. The molecule has 3 rings (SSSR count). The summed E-state index contributed by atoms with van der Waals surface area (Å²) in [6.45, 7) is 4.17. The smallest absolute Gasteiger partial charge is 0.242 e. The molecule has 1 saturated heterocycles. The number of aromatic nitrogens is 2. The van der Waals surface area contributed by atoms with Crippen LogP contribution in [0.2, 0.25) is 0 Å². The van der Waals surface area contributed by atoms with Gasteiger partial charge >= 0.3 is 0 Å². The summed E-state index contributed by atoms with van der Waals surface area (Å²) in [6, 6.07) is 5.85. The highest BCUT2D eigenvalue weighted by Crippen LogP contribution is 2.25. The fourth-order valence-corrected chi connectivity index (χ4v) is 3.84. The molecule has 25 heavy (non-hydrogen) atoms. The number of amides is 1. The minimum Gasteiger partial charge on any atom is -0.348 e. The van der Waals surface area contributed by atoms with Crippen molar-refractivity contribution in [1.29, 1.82) is 0 Å². The predicted molar refractivity (Wildman–Crippen MR) is 95.7 cm³/mol. The van der Waals surface area contributed by atoms with Gasteiger partial charge in [-0.1, -0.05) is 36.8 Å². The maximum Gasteiger partial charge on any atom is 0.242 e. The van der Waals surface area contributed by atoms with Gasteiger partial charge in [0.1, 0.15) is 21.9 Å². The van der Waals surface area contributed by atoms with Crippen LogP contribution in [0.1, 0.15) is 47.8 Å². The minimum atomic E-state index is -0.389. The summed E-state index contributed by atoms with van der Waals surface area (Å²) in [5.74, 6) is -0.357. The Balaban J connectivity index is 1.72. The first-order valence-corrected chi connectivity index (χ1v) is 9.57. The monoisotopic (exact) mass is 362 g/mol. The summed E-state index contributed by atoms with van der Waals surface area (Å²) in [5, 5.41) is 12.9. The van der Waals surface area contributed by atoms with E-state index in [0.717, 1.165) is 47.9 Å². The molecule has 0 radical (unpaired) electrons. The quantitative estimate of drug-likeness (QED) is 0.858. The fourth-order valence-electron chi connectivity index (χ4n) is 3.11. The molecule has 2 heterocycles. The third-order valence-electron chi connectivity index (χ3n) is 4.41. The molecule has 1 aromatic heterocycles. The summed E-state index contributed by atoms with van der Waals surface area (Å²) in [4.78, 5) is 15.1. The highest BCUT2D eigenvalue weighted by molar-refractivity contribution is 7.11. The SMILES string of the molecule is CCc1nnc(CNC(=O)C(c2ccc(F)cc2)N2CCCCC2)s1. The zero-order valence-electron chi connectivity index (χ0n) is 14.4. The minimum absolute atomic E-state index is 0.0678. The van der Waals surface area contributed by atoms with E-state index in [0.29, 0.717) is 6.54 Å². The molecule has 2 aromatic rings. The second kappa shape index (κ2) is 8.49. The van der Waals surface area contributed by atoms with Crippen molar-refractivity contribution in [1.82, 2.24) is 20.4 Å². The lowest BCUT2D eigenvalue weighted by Gasteiger charge is -2.33. The number of nitrogens with zero attached hydrogens (tertiary/aromatic N) is 3. The van der Waals surface area contributed by atoms with E-state index in [-0.39, 0.29) is 17.8 Å². The van der Waals surface area contributed by atoms with E-state index in [2.05, 4.69) is 20.4 Å². The largest absolute Gasteiger partial charge is 0.348 e. The zero-order chi connectivity index (χ0) is 17.6. The predicted octanol–water partition coefficient (Wildman–Crippen LogP) is 3.08. The molecule has 1 aromatic carbocycles. The molecule has 0 spiro atoms. The van der Waals surface area contributed by atoms with E-state index in [1.165, 1.54) is 29.9 Å². The summed E-state index contributed by atoms with van der Waals surface area (Å²) < 4.78 is 13.3. The molecule has 7 heteroatoms. The van der Waals surface area contributed by atoms with Gasteiger partial charge in [0.2, 0.25) is 5.91 Å². The van der Waals surface area contributed by atoms with Gasteiger partial charge in [-0.25, -0.2) is 4.39 Å². The Kier molecular flexibility index (Phi) is 6.09. The number of carbonyl (C=O) groups excluding carboxylic acids is 1. The van der Waals surface area contributed by atoms with Crippen molar-refractivity contribution in [3.8, 4) is 0 Å². The Morgan fingerprint density at radius 2 is 1.88 bits per heavy atom. The first-order chi connectivity index (χ1) is 12.2. The van der Waals surface area contributed by atoms with Crippen molar-refractivity contribution < 1.29 is 9.18 Å². The van der Waals surface area contributed by atoms with Crippen LogP contribution in [0.3, 0.4) is 0 Å². The molecule has 0 bridgehead atoms. The second-order valence-corrected chi connectivity index (χ2v) is 7.36. The van der Waals surface area contributed by atoms with Gasteiger partial charge < -0.3 is 5.32 Å². The summed E-state index contributed by atoms with van der Waals surface area (Å²) in [7, 11) is 0. The van der Waals surface area contributed by atoms with Gasteiger partial charge in [0.05, 0.1) is 6.54 Å². The summed E-state index contributed by atoms with van der Waals surface area (Å²) >= 11 is 1.52.